The van der Waals surface area contributed by atoms with E-state index in [1.807, 2.05) is 0 Å². The van der Waals surface area contributed by atoms with Crippen LogP contribution in [-0.4, -0.2) is 41.1 Å². The van der Waals surface area contributed by atoms with Crippen molar-refractivity contribution < 1.29 is 14.7 Å². The highest BCUT2D eigenvalue weighted by atomic mass is 16.4. The van der Waals surface area contributed by atoms with Gasteiger partial charge in [-0.05, 0) is 32.1 Å². The number of hydrogen-bond acceptors (Lipinski definition) is 2. The summed E-state index contributed by atoms with van der Waals surface area (Å²) in [5, 5.41) is 11.7. The highest BCUT2D eigenvalue weighted by Crippen LogP contribution is 2.28. The van der Waals surface area contributed by atoms with E-state index < -0.39 is 11.9 Å². The summed E-state index contributed by atoms with van der Waals surface area (Å²) in [6, 6.07) is -0.511. The van der Waals surface area contributed by atoms with Gasteiger partial charge in [-0.15, -0.1) is 0 Å². The van der Waals surface area contributed by atoms with E-state index in [1.165, 1.54) is 0 Å². The Bertz CT molecular complexity index is 328. The minimum atomic E-state index is -0.887. The molecule has 5 nitrogen and oxygen atoms in total. The van der Waals surface area contributed by atoms with Crippen LogP contribution in [0.3, 0.4) is 0 Å². The van der Waals surface area contributed by atoms with Crippen molar-refractivity contribution in [1.82, 2.24) is 10.2 Å². The number of carboxylic acids is 1. The number of rotatable bonds is 3. The van der Waals surface area contributed by atoms with Crippen molar-refractivity contribution in [3.63, 3.8) is 0 Å². The van der Waals surface area contributed by atoms with Gasteiger partial charge in [0.25, 0.3) is 0 Å². The molecule has 2 N–H and O–H groups in total. The van der Waals surface area contributed by atoms with Crippen LogP contribution in [0, 0.1) is 11.3 Å². The molecular weight excluding hydrogens is 232 g/mol. The first-order valence-electron chi connectivity index (χ1n) is 6.51. The standard InChI is InChI=1S/C13H24N2O3/c1-9(11(16)17)10(2)14-12(18)15-7-5-6-13(3,4)8-15/h9-10H,5-8H2,1-4H3,(H,14,18)(H,16,17). The predicted octanol–water partition coefficient (Wildman–Crippen LogP) is 1.93. The van der Waals surface area contributed by atoms with Gasteiger partial charge < -0.3 is 15.3 Å². The Hall–Kier alpha value is -1.26. The number of nitrogens with zero attached hydrogens (tertiary/aromatic N) is 1. The summed E-state index contributed by atoms with van der Waals surface area (Å²) in [4.78, 5) is 24.7. The first-order valence-corrected chi connectivity index (χ1v) is 6.51. The summed E-state index contributed by atoms with van der Waals surface area (Å²) < 4.78 is 0. The lowest BCUT2D eigenvalue weighted by molar-refractivity contribution is -0.141. The number of carbonyl (C=O) groups is 2. The second-order valence-corrected chi connectivity index (χ2v) is 6.05. The fourth-order valence-corrected chi connectivity index (χ4v) is 2.22. The summed E-state index contributed by atoms with van der Waals surface area (Å²) in [6.07, 6.45) is 2.13. The SMILES string of the molecule is CC(NC(=O)N1CCCC(C)(C)C1)C(C)C(=O)O. The fraction of sp³-hybridized carbons (Fsp3) is 0.846. The highest BCUT2D eigenvalue weighted by molar-refractivity contribution is 5.76. The van der Waals surface area contributed by atoms with Crippen molar-refractivity contribution in [1.29, 1.82) is 0 Å². The number of piperidine rings is 1. The van der Waals surface area contributed by atoms with Gasteiger partial charge in [0, 0.05) is 19.1 Å². The van der Waals surface area contributed by atoms with Crippen LogP contribution in [-0.2, 0) is 4.79 Å². The van der Waals surface area contributed by atoms with E-state index in [-0.39, 0.29) is 17.5 Å². The van der Waals surface area contributed by atoms with E-state index in [1.54, 1.807) is 18.7 Å². The Labute approximate surface area is 109 Å². The van der Waals surface area contributed by atoms with Crippen LogP contribution >= 0.6 is 0 Å². The lowest BCUT2D eigenvalue weighted by atomic mass is 9.84. The second-order valence-electron chi connectivity index (χ2n) is 6.05. The van der Waals surface area contributed by atoms with Gasteiger partial charge in [-0.25, -0.2) is 4.79 Å². The van der Waals surface area contributed by atoms with Crippen molar-refractivity contribution in [3.05, 3.63) is 0 Å². The van der Waals surface area contributed by atoms with Crippen LogP contribution in [0.5, 0.6) is 0 Å². The maximum Gasteiger partial charge on any atom is 0.317 e. The molecule has 0 aromatic rings. The number of nitrogens with one attached hydrogen (secondary N) is 1. The minimum absolute atomic E-state index is 0.150. The molecule has 0 radical (unpaired) electrons. The second kappa shape index (κ2) is 5.59. The summed E-state index contributed by atoms with van der Waals surface area (Å²) >= 11 is 0. The van der Waals surface area contributed by atoms with Crippen LogP contribution in [0.2, 0.25) is 0 Å². The lowest BCUT2D eigenvalue weighted by Gasteiger charge is -2.38. The van der Waals surface area contributed by atoms with E-state index >= 15 is 0 Å². The number of carbonyl (C=O) groups excluding carboxylic acids is 1. The van der Waals surface area contributed by atoms with Crippen LogP contribution in [0.4, 0.5) is 4.79 Å². The number of likely N-dealkylation sites (tertiary alicyclic amines) is 1. The predicted molar refractivity (Wildman–Crippen MR) is 69.4 cm³/mol. The topological polar surface area (TPSA) is 69.6 Å². The molecule has 0 aliphatic carbocycles. The summed E-state index contributed by atoms with van der Waals surface area (Å²) in [7, 11) is 0. The van der Waals surface area contributed by atoms with Crippen molar-refractivity contribution >= 4 is 12.0 Å². The van der Waals surface area contributed by atoms with Crippen LogP contribution in [0.25, 0.3) is 0 Å². The van der Waals surface area contributed by atoms with Gasteiger partial charge in [0.1, 0.15) is 0 Å². The van der Waals surface area contributed by atoms with E-state index in [2.05, 4.69) is 19.2 Å². The molecule has 104 valence electrons. The minimum Gasteiger partial charge on any atom is -0.481 e. The average molecular weight is 256 g/mol. The van der Waals surface area contributed by atoms with Gasteiger partial charge in [0.15, 0.2) is 0 Å². The largest absolute Gasteiger partial charge is 0.481 e. The Morgan fingerprint density at radius 1 is 1.33 bits per heavy atom. The van der Waals surface area contributed by atoms with Gasteiger partial charge in [0.2, 0.25) is 0 Å². The van der Waals surface area contributed by atoms with E-state index in [0.717, 1.165) is 25.9 Å². The summed E-state index contributed by atoms with van der Waals surface area (Å²) in [6.45, 7) is 9.11. The zero-order valence-corrected chi connectivity index (χ0v) is 11.7. The maximum absolute atomic E-state index is 12.0. The molecule has 2 amide bonds. The lowest BCUT2D eigenvalue weighted by Crippen LogP contribution is -2.51. The van der Waals surface area contributed by atoms with Gasteiger partial charge in [0.05, 0.1) is 5.92 Å². The van der Waals surface area contributed by atoms with Crippen molar-refractivity contribution in [2.45, 2.75) is 46.6 Å². The first kappa shape index (κ1) is 14.8. The van der Waals surface area contributed by atoms with Crippen molar-refractivity contribution in [2.75, 3.05) is 13.1 Å². The normalized spacial score (nSPS) is 22.1. The number of aliphatic carboxylic acids is 1. The monoisotopic (exact) mass is 256 g/mol. The van der Waals surface area contributed by atoms with Crippen LogP contribution in [0.1, 0.15) is 40.5 Å². The van der Waals surface area contributed by atoms with Gasteiger partial charge >= 0.3 is 12.0 Å². The van der Waals surface area contributed by atoms with Crippen LogP contribution in [0.15, 0.2) is 0 Å². The molecule has 2 atom stereocenters. The highest BCUT2D eigenvalue weighted by Gasteiger charge is 2.30. The molecule has 1 heterocycles. The number of urea groups is 1. The molecule has 1 saturated heterocycles. The van der Waals surface area contributed by atoms with E-state index in [0.29, 0.717) is 0 Å². The molecule has 1 aliphatic heterocycles. The Kier molecular flexibility index (Phi) is 4.59. The van der Waals surface area contributed by atoms with Crippen molar-refractivity contribution in [2.24, 2.45) is 11.3 Å². The molecule has 1 rings (SSSR count). The molecule has 0 bridgehead atoms. The number of amides is 2. The average Bonchev–Trinajstić information content (AvgIpc) is 2.26. The van der Waals surface area contributed by atoms with Gasteiger partial charge in [-0.2, -0.15) is 0 Å². The van der Waals surface area contributed by atoms with Gasteiger partial charge in [-0.3, -0.25) is 4.79 Å². The summed E-state index contributed by atoms with van der Waals surface area (Å²) in [5.41, 5.74) is 0.150. The van der Waals surface area contributed by atoms with Crippen molar-refractivity contribution in [3.8, 4) is 0 Å². The quantitative estimate of drug-likeness (QED) is 0.810. The third-order valence-corrected chi connectivity index (χ3v) is 3.68. The zero-order valence-electron chi connectivity index (χ0n) is 11.7. The molecule has 1 fully saturated rings. The van der Waals surface area contributed by atoms with Crippen LogP contribution < -0.4 is 5.32 Å². The molecule has 0 saturated carbocycles. The van der Waals surface area contributed by atoms with E-state index in [9.17, 15) is 9.59 Å². The first-order chi connectivity index (χ1) is 8.23. The Morgan fingerprint density at radius 2 is 1.94 bits per heavy atom. The molecule has 0 aromatic carbocycles. The molecule has 18 heavy (non-hydrogen) atoms. The third-order valence-electron chi connectivity index (χ3n) is 3.68. The Morgan fingerprint density at radius 3 is 2.44 bits per heavy atom. The Balaban J connectivity index is 2.52. The molecule has 1 aliphatic rings. The summed E-state index contributed by atoms with van der Waals surface area (Å²) in [5.74, 6) is -1.46. The molecule has 5 heteroatoms. The van der Waals surface area contributed by atoms with E-state index in [4.69, 9.17) is 5.11 Å². The molecular formula is C13H24N2O3. The third kappa shape index (κ3) is 3.89. The smallest absolute Gasteiger partial charge is 0.317 e. The molecule has 0 spiro atoms. The zero-order chi connectivity index (χ0) is 13.9. The number of carboxylic acid groups (broad SMARTS) is 1. The molecule has 2 unspecified atom stereocenters. The van der Waals surface area contributed by atoms with Gasteiger partial charge in [-0.1, -0.05) is 13.8 Å². The molecule has 0 aromatic heterocycles. The number of hydrogen-bond donors (Lipinski definition) is 2. The maximum atomic E-state index is 12.0. The fourth-order valence-electron chi connectivity index (χ4n) is 2.22.